The smallest absolute Gasteiger partial charge is 0.322 e. The highest BCUT2D eigenvalue weighted by Crippen LogP contribution is 2.30. The van der Waals surface area contributed by atoms with Gasteiger partial charge in [-0.25, -0.2) is 10.5 Å². The minimum atomic E-state index is -0.792. The Balaban J connectivity index is 1.53. The van der Waals surface area contributed by atoms with Gasteiger partial charge in [-0.15, -0.1) is 0 Å². The molecular formula is C22H26Cl2N5O2. The molecule has 1 saturated heterocycles. The van der Waals surface area contributed by atoms with E-state index in [0.29, 0.717) is 47.6 Å². The second-order valence-electron chi connectivity index (χ2n) is 7.76. The summed E-state index contributed by atoms with van der Waals surface area (Å²) in [6.07, 6.45) is 0. The van der Waals surface area contributed by atoms with Crippen LogP contribution in [0.4, 0.5) is 21.9 Å². The van der Waals surface area contributed by atoms with Crippen molar-refractivity contribution in [3.63, 3.8) is 0 Å². The summed E-state index contributed by atoms with van der Waals surface area (Å²) in [6.45, 7) is 6.17. The van der Waals surface area contributed by atoms with Crippen LogP contribution in [0.2, 0.25) is 10.0 Å². The zero-order valence-electron chi connectivity index (χ0n) is 17.5. The Morgan fingerprint density at radius 3 is 2.06 bits per heavy atom. The van der Waals surface area contributed by atoms with Gasteiger partial charge >= 0.3 is 6.03 Å². The van der Waals surface area contributed by atoms with Gasteiger partial charge in [-0.3, -0.25) is 4.79 Å². The Morgan fingerprint density at radius 1 is 0.935 bits per heavy atom. The van der Waals surface area contributed by atoms with E-state index in [1.54, 1.807) is 23.1 Å². The van der Waals surface area contributed by atoms with Crippen molar-refractivity contribution in [1.29, 1.82) is 0 Å². The number of anilines is 3. The first-order valence-electron chi connectivity index (χ1n) is 10.1. The molecule has 7 nitrogen and oxygen atoms in total. The maximum atomic E-state index is 12.6. The third-order valence-electron chi connectivity index (χ3n) is 5.21. The third-order valence-corrected chi connectivity index (χ3v) is 5.84. The Kier molecular flexibility index (Phi) is 7.64. The highest BCUT2D eigenvalue weighted by Gasteiger charge is 2.23. The lowest BCUT2D eigenvalue weighted by molar-refractivity contribution is -0.118. The van der Waals surface area contributed by atoms with Crippen LogP contribution in [0.1, 0.15) is 13.8 Å². The summed E-state index contributed by atoms with van der Waals surface area (Å²) in [7, 11) is 0. The monoisotopic (exact) mass is 462 g/mol. The van der Waals surface area contributed by atoms with Gasteiger partial charge in [0.1, 0.15) is 6.04 Å². The molecule has 0 bridgehead atoms. The minimum Gasteiger partial charge on any atom is -0.368 e. The Morgan fingerprint density at radius 2 is 1.52 bits per heavy atom. The van der Waals surface area contributed by atoms with Crippen LogP contribution in [0.15, 0.2) is 42.5 Å². The molecular weight excluding hydrogens is 437 g/mol. The van der Waals surface area contributed by atoms with E-state index < -0.39 is 6.04 Å². The highest BCUT2D eigenvalue weighted by molar-refractivity contribution is 6.39. The molecule has 1 radical (unpaired) electrons. The molecule has 2 aromatic rings. The lowest BCUT2D eigenvalue weighted by Gasteiger charge is -2.36. The average Bonchev–Trinajstić information content (AvgIpc) is 2.76. The van der Waals surface area contributed by atoms with Gasteiger partial charge in [-0.05, 0) is 42.3 Å². The molecule has 1 aliphatic rings. The van der Waals surface area contributed by atoms with Crippen LogP contribution in [0.25, 0.3) is 0 Å². The van der Waals surface area contributed by atoms with Gasteiger partial charge in [0, 0.05) is 37.6 Å². The van der Waals surface area contributed by atoms with Gasteiger partial charge < -0.3 is 20.4 Å². The second-order valence-corrected chi connectivity index (χ2v) is 8.57. The van der Waals surface area contributed by atoms with Crippen LogP contribution in [0, 0.1) is 5.92 Å². The minimum absolute atomic E-state index is 0.0401. The number of piperazine rings is 1. The fourth-order valence-corrected chi connectivity index (χ4v) is 3.74. The Bertz CT molecular complexity index is 908. The number of hydrogen-bond donors (Lipinski definition) is 2. The molecule has 1 aliphatic heterocycles. The van der Waals surface area contributed by atoms with Crippen LogP contribution >= 0.6 is 23.2 Å². The topological polar surface area (TPSA) is 88.5 Å². The predicted molar refractivity (Wildman–Crippen MR) is 126 cm³/mol. The summed E-state index contributed by atoms with van der Waals surface area (Å²) >= 11 is 12.3. The summed E-state index contributed by atoms with van der Waals surface area (Å²) in [6, 6.07) is 11.6. The Hall–Kier alpha value is -2.48. The van der Waals surface area contributed by atoms with Crippen LogP contribution in [-0.4, -0.2) is 49.1 Å². The van der Waals surface area contributed by atoms with E-state index in [9.17, 15) is 9.59 Å². The summed E-state index contributed by atoms with van der Waals surface area (Å²) in [4.78, 5) is 28.5. The zero-order valence-corrected chi connectivity index (χ0v) is 19.0. The molecule has 1 fully saturated rings. The predicted octanol–water partition coefficient (Wildman–Crippen LogP) is 4.59. The maximum absolute atomic E-state index is 12.6. The molecule has 3 amide bonds. The summed E-state index contributed by atoms with van der Waals surface area (Å²) in [5, 5.41) is 6.37. The molecule has 1 atom stereocenters. The van der Waals surface area contributed by atoms with E-state index >= 15 is 0 Å². The first-order valence-corrected chi connectivity index (χ1v) is 10.9. The standard InChI is InChI=1S/C22H26Cl2N5O2/c1-14(2)19(25)21(30)26-15-6-8-16(9-7-15)28-10-12-29(13-11-28)22(31)27-20-17(23)4-3-5-18(20)24/h3-9,14,19,25H,10-13H2,1-2H3,(H,26,30)(H,27,31). The first-order chi connectivity index (χ1) is 14.8. The fraction of sp³-hybridized carbons (Fsp3) is 0.364. The molecule has 9 heteroatoms. The molecule has 31 heavy (non-hydrogen) atoms. The van der Waals surface area contributed by atoms with E-state index in [1.165, 1.54) is 0 Å². The summed E-state index contributed by atoms with van der Waals surface area (Å²) in [5.41, 5.74) is 9.96. The van der Waals surface area contributed by atoms with E-state index in [4.69, 9.17) is 28.9 Å². The van der Waals surface area contributed by atoms with Crippen molar-refractivity contribution in [2.75, 3.05) is 41.7 Å². The molecule has 0 aliphatic carbocycles. The SMILES string of the molecule is CC(C)C([NH])C(=O)Nc1ccc(N2CCN(C(=O)Nc3c(Cl)cccc3Cl)CC2)cc1. The molecule has 165 valence electrons. The van der Waals surface area contributed by atoms with Crippen molar-refractivity contribution in [1.82, 2.24) is 10.6 Å². The molecule has 3 N–H and O–H groups in total. The molecule has 0 saturated carbocycles. The van der Waals surface area contributed by atoms with Crippen molar-refractivity contribution in [2.24, 2.45) is 5.92 Å². The van der Waals surface area contributed by atoms with Crippen molar-refractivity contribution in [3.8, 4) is 0 Å². The van der Waals surface area contributed by atoms with Crippen molar-refractivity contribution < 1.29 is 9.59 Å². The second kappa shape index (κ2) is 10.2. The fourth-order valence-electron chi connectivity index (χ4n) is 3.25. The van der Waals surface area contributed by atoms with Gasteiger partial charge in [0.25, 0.3) is 0 Å². The molecule has 1 unspecified atom stereocenters. The normalized spacial score (nSPS) is 15.0. The zero-order chi connectivity index (χ0) is 22.5. The van der Waals surface area contributed by atoms with E-state index in [0.717, 1.165) is 5.69 Å². The number of urea groups is 1. The van der Waals surface area contributed by atoms with Gasteiger partial charge in [0.2, 0.25) is 5.91 Å². The summed E-state index contributed by atoms with van der Waals surface area (Å²) in [5.74, 6) is -0.345. The number of rotatable bonds is 5. The number of amides is 3. The van der Waals surface area contributed by atoms with E-state index in [-0.39, 0.29) is 17.9 Å². The van der Waals surface area contributed by atoms with Crippen molar-refractivity contribution >= 4 is 52.2 Å². The van der Waals surface area contributed by atoms with Gasteiger partial charge in [0.15, 0.2) is 0 Å². The summed E-state index contributed by atoms with van der Waals surface area (Å²) < 4.78 is 0. The molecule has 3 rings (SSSR count). The number of nitrogens with one attached hydrogen (secondary N) is 3. The van der Waals surface area contributed by atoms with E-state index in [1.807, 2.05) is 38.1 Å². The van der Waals surface area contributed by atoms with Crippen LogP contribution in [-0.2, 0) is 4.79 Å². The lowest BCUT2D eigenvalue weighted by Crippen LogP contribution is -2.50. The quantitative estimate of drug-likeness (QED) is 0.680. The molecule has 0 spiro atoms. The number of halogens is 2. The number of nitrogens with zero attached hydrogens (tertiary/aromatic N) is 2. The number of carbonyl (C=O) groups excluding carboxylic acids is 2. The maximum Gasteiger partial charge on any atom is 0.322 e. The lowest BCUT2D eigenvalue weighted by atomic mass is 10.0. The van der Waals surface area contributed by atoms with E-state index in [2.05, 4.69) is 15.5 Å². The van der Waals surface area contributed by atoms with Gasteiger partial charge in [-0.1, -0.05) is 43.1 Å². The largest absolute Gasteiger partial charge is 0.368 e. The first kappa shape index (κ1) is 23.2. The third kappa shape index (κ3) is 5.81. The number of benzene rings is 2. The van der Waals surface area contributed by atoms with Gasteiger partial charge in [-0.2, -0.15) is 0 Å². The Labute approximate surface area is 192 Å². The molecule has 0 aromatic heterocycles. The molecule has 2 aromatic carbocycles. The highest BCUT2D eigenvalue weighted by atomic mass is 35.5. The van der Waals surface area contributed by atoms with Crippen LogP contribution in [0.5, 0.6) is 0 Å². The number of para-hydroxylation sites is 1. The average molecular weight is 463 g/mol. The number of carbonyl (C=O) groups is 2. The van der Waals surface area contributed by atoms with Crippen molar-refractivity contribution in [3.05, 3.63) is 52.5 Å². The molecule has 1 heterocycles. The van der Waals surface area contributed by atoms with Crippen molar-refractivity contribution in [2.45, 2.75) is 19.9 Å². The van der Waals surface area contributed by atoms with Crippen LogP contribution in [0.3, 0.4) is 0 Å². The van der Waals surface area contributed by atoms with Crippen LogP contribution < -0.4 is 21.3 Å². The number of hydrogen-bond acceptors (Lipinski definition) is 3. The van der Waals surface area contributed by atoms with Gasteiger partial charge in [0.05, 0.1) is 15.7 Å².